The first-order chi connectivity index (χ1) is 10.1. The third kappa shape index (κ3) is 5.24. The van der Waals surface area contributed by atoms with Gasteiger partial charge in [-0.25, -0.2) is 4.79 Å². The second-order valence-electron chi connectivity index (χ2n) is 4.25. The second-order valence-corrected chi connectivity index (χ2v) is 4.25. The van der Waals surface area contributed by atoms with Crippen LogP contribution < -0.4 is 5.32 Å². The van der Waals surface area contributed by atoms with Gasteiger partial charge in [0.25, 0.3) is 0 Å². The van der Waals surface area contributed by atoms with Crippen molar-refractivity contribution in [2.24, 2.45) is 0 Å². The van der Waals surface area contributed by atoms with Crippen LogP contribution in [0.4, 0.5) is 0 Å². The fraction of sp³-hybridized carbons (Fsp3) is 0.400. The van der Waals surface area contributed by atoms with Gasteiger partial charge in [0.2, 0.25) is 5.91 Å². The lowest BCUT2D eigenvalue weighted by Crippen LogP contribution is -2.44. The fourth-order valence-corrected chi connectivity index (χ4v) is 1.79. The lowest BCUT2D eigenvalue weighted by atomic mass is 10.0. The van der Waals surface area contributed by atoms with E-state index in [9.17, 15) is 9.59 Å². The molecule has 0 radical (unpaired) electrons. The van der Waals surface area contributed by atoms with Crippen molar-refractivity contribution in [1.29, 1.82) is 5.26 Å². The van der Waals surface area contributed by atoms with E-state index in [0.29, 0.717) is 17.7 Å². The molecule has 0 saturated heterocycles. The Labute approximate surface area is 123 Å². The molecule has 0 bridgehead atoms. The molecule has 0 aliphatic rings. The minimum absolute atomic E-state index is 0.121. The van der Waals surface area contributed by atoms with Gasteiger partial charge in [0.05, 0.1) is 18.7 Å². The van der Waals surface area contributed by atoms with E-state index in [4.69, 9.17) is 10.00 Å². The van der Waals surface area contributed by atoms with E-state index in [0.717, 1.165) is 0 Å². The van der Waals surface area contributed by atoms with Gasteiger partial charge in [0, 0.05) is 13.0 Å². The number of amides is 1. The predicted octanol–water partition coefficient (Wildman–Crippen LogP) is 0.795. The molecule has 6 nitrogen and oxygen atoms in total. The summed E-state index contributed by atoms with van der Waals surface area (Å²) in [4.78, 5) is 23.4. The molecule has 0 fully saturated rings. The average Bonchev–Trinajstić information content (AvgIpc) is 2.51. The van der Waals surface area contributed by atoms with Gasteiger partial charge in [0.15, 0.2) is 0 Å². The van der Waals surface area contributed by atoms with Gasteiger partial charge in [-0.3, -0.25) is 4.79 Å². The molecule has 0 heterocycles. The summed E-state index contributed by atoms with van der Waals surface area (Å²) in [5, 5.41) is 11.6. The molecular weight excluding hydrogens is 272 g/mol. The number of benzene rings is 1. The van der Waals surface area contributed by atoms with Crippen LogP contribution >= 0.6 is 0 Å². The fourth-order valence-electron chi connectivity index (χ4n) is 1.79. The maximum Gasteiger partial charge on any atom is 0.328 e. The number of nitrogens with one attached hydrogen (secondary N) is 1. The minimum atomic E-state index is -0.850. The smallest absolute Gasteiger partial charge is 0.328 e. The highest BCUT2D eigenvalue weighted by Crippen LogP contribution is 2.11. The predicted molar refractivity (Wildman–Crippen MR) is 75.3 cm³/mol. The number of hydrogen-bond acceptors (Lipinski definition) is 5. The Bertz CT molecular complexity index is 537. The van der Waals surface area contributed by atoms with Crippen molar-refractivity contribution >= 4 is 11.9 Å². The van der Waals surface area contributed by atoms with Gasteiger partial charge >= 0.3 is 5.97 Å². The number of nitriles is 1. The van der Waals surface area contributed by atoms with Crippen LogP contribution in [-0.2, 0) is 25.5 Å². The number of rotatable bonds is 7. The molecule has 0 saturated carbocycles. The molecule has 1 amide bonds. The van der Waals surface area contributed by atoms with E-state index in [1.54, 1.807) is 31.2 Å². The highest BCUT2D eigenvalue weighted by atomic mass is 16.5. The maximum absolute atomic E-state index is 11.8. The highest BCUT2D eigenvalue weighted by Gasteiger charge is 2.22. The zero-order valence-electron chi connectivity index (χ0n) is 12.1. The SMILES string of the molecule is CCOCC(=O)N[C@H](Cc1ccccc1C#N)C(=O)OC. The Morgan fingerprint density at radius 2 is 2.10 bits per heavy atom. The third-order valence-corrected chi connectivity index (χ3v) is 2.82. The zero-order valence-corrected chi connectivity index (χ0v) is 12.1. The summed E-state index contributed by atoms with van der Waals surface area (Å²) < 4.78 is 9.67. The third-order valence-electron chi connectivity index (χ3n) is 2.82. The Hall–Kier alpha value is -2.39. The van der Waals surface area contributed by atoms with Gasteiger partial charge in [-0.15, -0.1) is 0 Å². The normalized spacial score (nSPS) is 11.3. The molecule has 1 aromatic rings. The minimum Gasteiger partial charge on any atom is -0.467 e. The van der Waals surface area contributed by atoms with Crippen LogP contribution in [0.15, 0.2) is 24.3 Å². The van der Waals surface area contributed by atoms with Crippen molar-refractivity contribution < 1.29 is 19.1 Å². The van der Waals surface area contributed by atoms with E-state index in [1.807, 2.05) is 0 Å². The number of esters is 1. The number of hydrogen-bond donors (Lipinski definition) is 1. The molecule has 1 rings (SSSR count). The molecule has 1 aromatic carbocycles. The highest BCUT2D eigenvalue weighted by molar-refractivity contribution is 5.85. The monoisotopic (exact) mass is 290 g/mol. The summed E-state index contributed by atoms with van der Waals surface area (Å²) in [6, 6.07) is 8.11. The summed E-state index contributed by atoms with van der Waals surface area (Å²) in [7, 11) is 1.25. The standard InChI is InChI=1S/C15H18N2O4/c1-3-21-10-14(18)17-13(15(19)20-2)8-11-6-4-5-7-12(11)9-16/h4-7,13H,3,8,10H2,1-2H3,(H,17,18)/t13-/m1/s1. The molecule has 0 unspecified atom stereocenters. The van der Waals surface area contributed by atoms with E-state index >= 15 is 0 Å². The van der Waals surface area contributed by atoms with Crippen molar-refractivity contribution in [2.45, 2.75) is 19.4 Å². The van der Waals surface area contributed by atoms with Gasteiger partial charge in [-0.2, -0.15) is 5.26 Å². The van der Waals surface area contributed by atoms with Crippen molar-refractivity contribution in [2.75, 3.05) is 20.3 Å². The van der Waals surface area contributed by atoms with E-state index in [-0.39, 0.29) is 13.0 Å². The molecule has 1 N–H and O–H groups in total. The second kappa shape index (κ2) is 8.72. The lowest BCUT2D eigenvalue weighted by molar-refractivity contribution is -0.145. The van der Waals surface area contributed by atoms with E-state index in [1.165, 1.54) is 7.11 Å². The molecule has 1 atom stereocenters. The van der Waals surface area contributed by atoms with Crippen molar-refractivity contribution in [1.82, 2.24) is 5.32 Å². The quantitative estimate of drug-likeness (QED) is 0.750. The molecule has 112 valence electrons. The Morgan fingerprint density at radius 1 is 1.38 bits per heavy atom. The van der Waals surface area contributed by atoms with Crippen LogP contribution in [0.5, 0.6) is 0 Å². The first-order valence-electron chi connectivity index (χ1n) is 6.55. The number of carbonyl (C=O) groups is 2. The van der Waals surface area contributed by atoms with Crippen LogP contribution in [0.3, 0.4) is 0 Å². The van der Waals surface area contributed by atoms with Crippen LogP contribution in [0.2, 0.25) is 0 Å². The van der Waals surface area contributed by atoms with Gasteiger partial charge < -0.3 is 14.8 Å². The number of ether oxygens (including phenoxy) is 2. The van der Waals surface area contributed by atoms with Crippen LogP contribution in [0.1, 0.15) is 18.1 Å². The Balaban J connectivity index is 2.81. The van der Waals surface area contributed by atoms with Crippen molar-refractivity contribution in [3.8, 4) is 6.07 Å². The largest absolute Gasteiger partial charge is 0.467 e. The van der Waals surface area contributed by atoms with Crippen molar-refractivity contribution in [3.63, 3.8) is 0 Å². The van der Waals surface area contributed by atoms with Crippen LogP contribution in [0, 0.1) is 11.3 Å². The van der Waals surface area contributed by atoms with E-state index in [2.05, 4.69) is 16.1 Å². The van der Waals surface area contributed by atoms with Gasteiger partial charge in [-0.05, 0) is 18.6 Å². The number of methoxy groups -OCH3 is 1. The summed E-state index contributed by atoms with van der Waals surface area (Å²) in [6.45, 7) is 2.06. The van der Waals surface area contributed by atoms with Gasteiger partial charge in [-0.1, -0.05) is 18.2 Å². The lowest BCUT2D eigenvalue weighted by Gasteiger charge is -2.17. The molecular formula is C15H18N2O4. The van der Waals surface area contributed by atoms with Crippen LogP contribution in [0.25, 0.3) is 0 Å². The topological polar surface area (TPSA) is 88.4 Å². The Kier molecular flexibility index (Phi) is 6.92. The molecule has 0 aliphatic carbocycles. The van der Waals surface area contributed by atoms with Crippen LogP contribution in [-0.4, -0.2) is 38.2 Å². The van der Waals surface area contributed by atoms with E-state index < -0.39 is 17.9 Å². The first kappa shape index (κ1) is 16.7. The number of carbonyl (C=O) groups excluding carboxylic acids is 2. The summed E-state index contributed by atoms with van der Waals surface area (Å²) in [5.74, 6) is -0.964. The summed E-state index contributed by atoms with van der Waals surface area (Å²) >= 11 is 0. The summed E-state index contributed by atoms with van der Waals surface area (Å²) in [5.41, 5.74) is 1.14. The zero-order chi connectivity index (χ0) is 15.7. The summed E-state index contributed by atoms with van der Waals surface area (Å²) in [6.07, 6.45) is 0.189. The molecule has 21 heavy (non-hydrogen) atoms. The maximum atomic E-state index is 11.8. The van der Waals surface area contributed by atoms with Crippen molar-refractivity contribution in [3.05, 3.63) is 35.4 Å². The first-order valence-corrected chi connectivity index (χ1v) is 6.55. The molecule has 0 aliphatic heterocycles. The Morgan fingerprint density at radius 3 is 2.71 bits per heavy atom. The average molecular weight is 290 g/mol. The number of nitrogens with zero attached hydrogens (tertiary/aromatic N) is 1. The molecule has 6 heteroatoms. The van der Waals surface area contributed by atoms with Gasteiger partial charge in [0.1, 0.15) is 12.6 Å². The molecule has 0 aromatic heterocycles. The molecule has 0 spiro atoms.